The molecule has 6 nitrogen and oxygen atoms in total. The fourth-order valence-electron chi connectivity index (χ4n) is 2.29. The Kier molecular flexibility index (Phi) is 5.52. The Balaban J connectivity index is 1.60. The molecule has 1 aromatic heterocycles. The highest BCUT2D eigenvalue weighted by Gasteiger charge is 2.10. The van der Waals surface area contributed by atoms with E-state index in [4.69, 9.17) is 4.74 Å². The number of nitrogens with one attached hydrogen (secondary N) is 2. The molecule has 8 heteroatoms. The lowest BCUT2D eigenvalue weighted by atomic mass is 10.1. The van der Waals surface area contributed by atoms with Crippen molar-refractivity contribution in [3.05, 3.63) is 65.9 Å². The van der Waals surface area contributed by atoms with Crippen LogP contribution in [0.5, 0.6) is 5.75 Å². The molecule has 0 atom stereocenters. The topological polar surface area (TPSA) is 72.0 Å². The summed E-state index contributed by atoms with van der Waals surface area (Å²) in [6, 6.07) is 11.3. The second kappa shape index (κ2) is 8.19. The van der Waals surface area contributed by atoms with E-state index in [0.29, 0.717) is 6.54 Å². The van der Waals surface area contributed by atoms with Crippen molar-refractivity contribution < 1.29 is 13.5 Å². The van der Waals surface area contributed by atoms with Gasteiger partial charge in [0.25, 0.3) is 0 Å². The molecule has 134 valence electrons. The van der Waals surface area contributed by atoms with Gasteiger partial charge >= 0.3 is 0 Å². The molecule has 0 aliphatic rings. The van der Waals surface area contributed by atoms with E-state index in [-0.39, 0.29) is 17.5 Å². The number of hydrogen-bond acceptors (Lipinski definition) is 6. The molecule has 0 aliphatic heterocycles. The first-order valence-electron chi connectivity index (χ1n) is 7.93. The normalized spacial score (nSPS) is 10.4. The van der Waals surface area contributed by atoms with Crippen molar-refractivity contribution in [1.82, 2.24) is 15.2 Å². The van der Waals surface area contributed by atoms with E-state index >= 15 is 0 Å². The Morgan fingerprint density at radius 1 is 1.04 bits per heavy atom. The number of halogens is 2. The van der Waals surface area contributed by atoms with Gasteiger partial charge in [-0.1, -0.05) is 18.2 Å². The summed E-state index contributed by atoms with van der Waals surface area (Å²) >= 11 is 0. The molecule has 0 saturated heterocycles. The SMILES string of the molecule is COc1ccc(CCNc2nncc(Nc3c(F)cccc3F)n2)cc1. The maximum Gasteiger partial charge on any atom is 0.244 e. The lowest BCUT2D eigenvalue weighted by molar-refractivity contribution is 0.414. The molecule has 0 spiro atoms. The van der Waals surface area contributed by atoms with Crippen molar-refractivity contribution in [2.75, 3.05) is 24.3 Å². The lowest BCUT2D eigenvalue weighted by Crippen LogP contribution is -2.10. The third-order valence-electron chi connectivity index (χ3n) is 3.63. The number of anilines is 3. The molecule has 26 heavy (non-hydrogen) atoms. The number of para-hydroxylation sites is 1. The van der Waals surface area contributed by atoms with Crippen LogP contribution >= 0.6 is 0 Å². The predicted octanol–water partition coefficient (Wildman–Crippen LogP) is 3.56. The molecule has 2 N–H and O–H groups in total. The van der Waals surface area contributed by atoms with Gasteiger partial charge in [0.1, 0.15) is 23.1 Å². The minimum atomic E-state index is -0.711. The smallest absolute Gasteiger partial charge is 0.244 e. The highest BCUT2D eigenvalue weighted by molar-refractivity contribution is 5.57. The number of rotatable bonds is 7. The molecule has 1 heterocycles. The fourth-order valence-corrected chi connectivity index (χ4v) is 2.29. The van der Waals surface area contributed by atoms with E-state index in [9.17, 15) is 8.78 Å². The van der Waals surface area contributed by atoms with E-state index in [0.717, 1.165) is 29.9 Å². The minimum Gasteiger partial charge on any atom is -0.497 e. The van der Waals surface area contributed by atoms with E-state index < -0.39 is 11.6 Å². The van der Waals surface area contributed by atoms with Gasteiger partial charge in [-0.2, -0.15) is 10.1 Å². The monoisotopic (exact) mass is 357 g/mol. The van der Waals surface area contributed by atoms with Crippen LogP contribution in [0, 0.1) is 11.6 Å². The summed E-state index contributed by atoms with van der Waals surface area (Å²) in [6.45, 7) is 0.575. The van der Waals surface area contributed by atoms with Gasteiger partial charge < -0.3 is 15.4 Å². The summed E-state index contributed by atoms with van der Waals surface area (Å²) in [5.41, 5.74) is 0.839. The number of ether oxygens (including phenoxy) is 1. The molecule has 0 saturated carbocycles. The molecule has 3 rings (SSSR count). The zero-order chi connectivity index (χ0) is 18.4. The van der Waals surface area contributed by atoms with E-state index in [1.165, 1.54) is 12.3 Å². The molecule has 0 unspecified atom stereocenters. The first kappa shape index (κ1) is 17.5. The Labute approximate surface area is 149 Å². The van der Waals surface area contributed by atoms with E-state index in [1.54, 1.807) is 7.11 Å². The molecule has 3 aromatic rings. The molecule has 0 fully saturated rings. The quantitative estimate of drug-likeness (QED) is 0.674. The third-order valence-corrected chi connectivity index (χ3v) is 3.63. The van der Waals surface area contributed by atoms with Gasteiger partial charge in [0, 0.05) is 6.54 Å². The number of nitrogens with zero attached hydrogens (tertiary/aromatic N) is 3. The van der Waals surface area contributed by atoms with Gasteiger partial charge in [-0.05, 0) is 36.2 Å². The van der Waals surface area contributed by atoms with Crippen LogP contribution in [-0.4, -0.2) is 28.8 Å². The maximum absolute atomic E-state index is 13.7. The second-order valence-electron chi connectivity index (χ2n) is 5.41. The van der Waals surface area contributed by atoms with Crippen molar-refractivity contribution in [3.63, 3.8) is 0 Å². The van der Waals surface area contributed by atoms with Crippen LogP contribution in [0.3, 0.4) is 0 Å². The molecular formula is C18H17F2N5O. The lowest BCUT2D eigenvalue weighted by Gasteiger charge is -2.09. The van der Waals surface area contributed by atoms with Crippen LogP contribution in [0.1, 0.15) is 5.56 Å². The van der Waals surface area contributed by atoms with Gasteiger partial charge in [-0.3, -0.25) is 0 Å². The van der Waals surface area contributed by atoms with Crippen molar-refractivity contribution in [2.45, 2.75) is 6.42 Å². The number of methoxy groups -OCH3 is 1. The summed E-state index contributed by atoms with van der Waals surface area (Å²) in [6.07, 6.45) is 2.04. The van der Waals surface area contributed by atoms with Crippen LogP contribution in [-0.2, 0) is 6.42 Å². The van der Waals surface area contributed by atoms with Crippen LogP contribution in [0.15, 0.2) is 48.7 Å². The van der Waals surface area contributed by atoms with Crippen LogP contribution in [0.25, 0.3) is 0 Å². The maximum atomic E-state index is 13.7. The van der Waals surface area contributed by atoms with Crippen molar-refractivity contribution in [3.8, 4) is 5.75 Å². The summed E-state index contributed by atoms with van der Waals surface area (Å²) in [7, 11) is 1.62. The summed E-state index contributed by atoms with van der Waals surface area (Å²) in [5, 5.41) is 13.3. The van der Waals surface area contributed by atoms with Crippen molar-refractivity contribution >= 4 is 17.5 Å². The Morgan fingerprint density at radius 2 is 1.77 bits per heavy atom. The Morgan fingerprint density at radius 3 is 2.46 bits per heavy atom. The molecule has 0 amide bonds. The zero-order valence-electron chi connectivity index (χ0n) is 14.0. The summed E-state index contributed by atoms with van der Waals surface area (Å²) < 4.78 is 32.5. The van der Waals surface area contributed by atoms with Gasteiger partial charge in [0.15, 0.2) is 5.82 Å². The van der Waals surface area contributed by atoms with Crippen LogP contribution in [0.2, 0.25) is 0 Å². The predicted molar refractivity (Wildman–Crippen MR) is 94.7 cm³/mol. The number of aromatic nitrogens is 3. The zero-order valence-corrected chi connectivity index (χ0v) is 14.0. The minimum absolute atomic E-state index is 0.191. The molecule has 2 aromatic carbocycles. The number of benzene rings is 2. The average Bonchev–Trinajstić information content (AvgIpc) is 2.66. The third kappa shape index (κ3) is 4.41. The second-order valence-corrected chi connectivity index (χ2v) is 5.41. The highest BCUT2D eigenvalue weighted by Crippen LogP contribution is 2.21. The van der Waals surface area contributed by atoms with Gasteiger partial charge in [0.05, 0.1) is 13.3 Å². The first-order chi connectivity index (χ1) is 12.7. The van der Waals surface area contributed by atoms with E-state index in [2.05, 4.69) is 25.8 Å². The Bertz CT molecular complexity index is 853. The van der Waals surface area contributed by atoms with Crippen molar-refractivity contribution in [2.24, 2.45) is 0 Å². The summed E-state index contributed by atoms with van der Waals surface area (Å²) in [4.78, 5) is 4.16. The molecule has 0 bridgehead atoms. The van der Waals surface area contributed by atoms with Gasteiger partial charge in [-0.15, -0.1) is 5.10 Å². The molecular weight excluding hydrogens is 340 g/mol. The average molecular weight is 357 g/mol. The highest BCUT2D eigenvalue weighted by atomic mass is 19.1. The standard InChI is InChI=1S/C18H17F2N5O/c1-26-13-7-5-12(6-8-13)9-10-21-18-24-16(11-22-25-18)23-17-14(19)3-2-4-15(17)20/h2-8,11H,9-10H2,1H3,(H2,21,23,24,25). The van der Waals surface area contributed by atoms with E-state index in [1.807, 2.05) is 24.3 Å². The Hall–Kier alpha value is -3.29. The van der Waals surface area contributed by atoms with Crippen molar-refractivity contribution in [1.29, 1.82) is 0 Å². The van der Waals surface area contributed by atoms with Crippen LogP contribution < -0.4 is 15.4 Å². The molecule has 0 radical (unpaired) electrons. The largest absolute Gasteiger partial charge is 0.497 e. The number of hydrogen-bond donors (Lipinski definition) is 2. The first-order valence-corrected chi connectivity index (χ1v) is 7.93. The summed E-state index contributed by atoms with van der Waals surface area (Å²) in [5.74, 6) is -0.167. The van der Waals surface area contributed by atoms with Crippen LogP contribution in [0.4, 0.5) is 26.2 Å². The fraction of sp³-hybridized carbons (Fsp3) is 0.167. The molecule has 0 aliphatic carbocycles. The van der Waals surface area contributed by atoms with Gasteiger partial charge in [-0.25, -0.2) is 8.78 Å². The van der Waals surface area contributed by atoms with Gasteiger partial charge in [0.2, 0.25) is 5.95 Å².